The lowest BCUT2D eigenvalue weighted by atomic mass is 9.87. The van der Waals surface area contributed by atoms with Gasteiger partial charge in [-0.2, -0.15) is 4.98 Å². The quantitative estimate of drug-likeness (QED) is 0.137. The highest BCUT2D eigenvalue weighted by Crippen LogP contribution is 2.33. The number of ether oxygens (including phenoxy) is 1. The molecule has 2 aliphatic heterocycles. The Morgan fingerprint density at radius 1 is 0.923 bits per heavy atom. The summed E-state index contributed by atoms with van der Waals surface area (Å²) >= 11 is 0. The minimum absolute atomic E-state index is 0.0477. The lowest BCUT2D eigenvalue weighted by Crippen LogP contribution is -2.48. The molecule has 3 N–H and O–H groups in total. The molecule has 0 bridgehead atoms. The van der Waals surface area contributed by atoms with E-state index in [1.807, 2.05) is 11.8 Å². The van der Waals surface area contributed by atoms with Crippen LogP contribution in [-0.2, 0) is 31.4 Å². The molecule has 2 saturated carbocycles. The summed E-state index contributed by atoms with van der Waals surface area (Å²) in [4.78, 5) is 64.1. The molecule has 0 spiro atoms. The third kappa shape index (κ3) is 9.20. The summed E-state index contributed by atoms with van der Waals surface area (Å²) in [5.41, 5.74) is 2.26. The molecule has 2 amide bonds. The van der Waals surface area contributed by atoms with Gasteiger partial charge >= 0.3 is 5.69 Å². The van der Waals surface area contributed by atoms with Crippen LogP contribution >= 0.6 is 0 Å². The number of rotatable bonds is 13. The number of nitrogens with one attached hydrogen (secondary N) is 3. The number of aryl methyl sites for hydroxylation is 2. The summed E-state index contributed by atoms with van der Waals surface area (Å²) in [5.74, 6) is -0.607. The number of anilines is 3. The number of amides is 2. The predicted octanol–water partition coefficient (Wildman–Crippen LogP) is 4.79. The zero-order chi connectivity index (χ0) is 45.6. The summed E-state index contributed by atoms with van der Waals surface area (Å²) in [6.45, 7) is 7.60. The van der Waals surface area contributed by atoms with E-state index in [0.29, 0.717) is 53.1 Å². The van der Waals surface area contributed by atoms with Crippen molar-refractivity contribution in [2.45, 2.75) is 107 Å². The highest BCUT2D eigenvalue weighted by molar-refractivity contribution is 7.89. The van der Waals surface area contributed by atoms with E-state index in [2.05, 4.69) is 25.2 Å². The van der Waals surface area contributed by atoms with E-state index in [9.17, 15) is 27.6 Å². The largest absolute Gasteiger partial charge is 0.377 e. The lowest BCUT2D eigenvalue weighted by molar-refractivity contribution is -0.135. The van der Waals surface area contributed by atoms with Gasteiger partial charge in [-0.1, -0.05) is 12.8 Å². The normalized spacial score (nSPS) is 21.9. The number of piperidine rings is 1. The molecule has 65 heavy (non-hydrogen) atoms. The van der Waals surface area contributed by atoms with E-state index in [4.69, 9.17) is 9.72 Å². The van der Waals surface area contributed by atoms with Crippen molar-refractivity contribution in [1.29, 1.82) is 0 Å². The fraction of sp³-hybridized carbons (Fsp3) is 0.522. The minimum Gasteiger partial charge on any atom is -0.377 e. The van der Waals surface area contributed by atoms with Gasteiger partial charge in [0, 0.05) is 81.6 Å². The van der Waals surface area contributed by atoms with E-state index in [-0.39, 0.29) is 53.5 Å². The first kappa shape index (κ1) is 44.7. The molecule has 9 rings (SSSR count). The van der Waals surface area contributed by atoms with Gasteiger partial charge in [-0.3, -0.25) is 38.3 Å². The highest BCUT2D eigenvalue weighted by Gasteiger charge is 2.33. The Kier molecular flexibility index (Phi) is 12.7. The Morgan fingerprint density at radius 3 is 2.40 bits per heavy atom. The van der Waals surface area contributed by atoms with Crippen molar-refractivity contribution in [3.63, 3.8) is 0 Å². The van der Waals surface area contributed by atoms with Crippen LogP contribution in [0.2, 0.25) is 0 Å². The van der Waals surface area contributed by atoms with Gasteiger partial charge in [-0.05, 0) is 107 Å². The van der Waals surface area contributed by atoms with Gasteiger partial charge in [-0.25, -0.2) is 27.3 Å². The van der Waals surface area contributed by atoms with Gasteiger partial charge in [0.2, 0.25) is 27.8 Å². The van der Waals surface area contributed by atoms with Crippen LogP contribution in [0.3, 0.4) is 0 Å². The third-order valence-electron chi connectivity index (χ3n) is 13.8. The number of nitrogens with zero attached hydrogens (tertiary/aromatic N) is 7. The second kappa shape index (κ2) is 18.4. The fourth-order valence-corrected chi connectivity index (χ4v) is 11.5. The van der Waals surface area contributed by atoms with Gasteiger partial charge in [0.25, 0.3) is 5.56 Å². The molecule has 0 radical (unpaired) electrons. The molecule has 5 aromatic rings. The molecule has 17 nitrogen and oxygen atoms in total. The van der Waals surface area contributed by atoms with Gasteiger partial charge in [-0.15, -0.1) is 0 Å². The molecular formula is C46H57FN10O7S. The standard InChI is InChI=1S/C46H57FN10O7S/c1-28-24-34(13-14-35(28)49-45-48-25-31-10-19-40(59)56(43(31)51-45)32-6-4-5-7-32)65(62,63)52-29(2)27-64-33-11-8-30(9-12-33)26-54-20-22-55(23-21-54)36-15-16-37-42(41(36)47)53(3)46(61)57(37)38-17-18-39(58)50-44(38)60/h10,13-16,19,24-25,29-30,32-33,38,52H,4-9,11-12,17-18,20-23,26-27H2,1-3H3,(H,48,49,51)(H,50,58,60)/t29-,30?,33?,38?/m1/s1. The zero-order valence-electron chi connectivity index (χ0n) is 37.1. The number of aromatic nitrogens is 5. The molecule has 1 unspecified atom stereocenters. The summed E-state index contributed by atoms with van der Waals surface area (Å²) in [7, 11) is -2.33. The maximum atomic E-state index is 16.1. The van der Waals surface area contributed by atoms with E-state index in [0.717, 1.165) is 76.4 Å². The second-order valence-corrected chi connectivity index (χ2v) is 20.0. The molecular weight excluding hydrogens is 856 g/mol. The monoisotopic (exact) mass is 912 g/mol. The van der Waals surface area contributed by atoms with Gasteiger partial charge in [0.05, 0.1) is 28.8 Å². The Hall–Kier alpha value is -5.50. The smallest absolute Gasteiger partial charge is 0.329 e. The Bertz CT molecular complexity index is 2860. The molecule has 3 aromatic heterocycles. The summed E-state index contributed by atoms with van der Waals surface area (Å²) in [6.07, 6.45) is 9.87. The average Bonchev–Trinajstić information content (AvgIpc) is 3.90. The van der Waals surface area contributed by atoms with Gasteiger partial charge < -0.3 is 15.0 Å². The van der Waals surface area contributed by atoms with E-state index in [1.165, 1.54) is 16.2 Å². The number of fused-ring (bicyclic) bond motifs is 2. The van der Waals surface area contributed by atoms with Crippen LogP contribution < -0.4 is 31.5 Å². The van der Waals surface area contributed by atoms with Crippen LogP contribution in [0.25, 0.3) is 22.1 Å². The Labute approximate surface area is 376 Å². The second-order valence-electron chi connectivity index (χ2n) is 18.3. The molecule has 2 atom stereocenters. The number of imidazole rings is 1. The average molecular weight is 913 g/mol. The number of carbonyl (C=O) groups is 2. The molecule has 4 fully saturated rings. The van der Waals surface area contributed by atoms with Crippen LogP contribution in [0.1, 0.15) is 88.8 Å². The first-order chi connectivity index (χ1) is 31.2. The molecule has 2 aliphatic carbocycles. The van der Waals surface area contributed by atoms with Crippen molar-refractivity contribution in [2.24, 2.45) is 13.0 Å². The number of carbonyl (C=O) groups excluding carboxylic acids is 2. The SMILES string of the molecule is Cc1cc(S(=O)(=O)N[C@H](C)COC2CCC(CN3CCN(c4ccc5c(c4F)n(C)c(=O)n5C4CCC(=O)NC4=O)CC3)CC2)ccc1Nc1ncc2ccc(=O)n(C3CCCC3)c2n1. The fourth-order valence-electron chi connectivity index (χ4n) is 10.2. The molecule has 5 heterocycles. The number of halogens is 1. The van der Waals surface area contributed by atoms with Crippen LogP contribution in [0.4, 0.5) is 21.7 Å². The van der Waals surface area contributed by atoms with Crippen LogP contribution in [0, 0.1) is 18.7 Å². The highest BCUT2D eigenvalue weighted by atomic mass is 32.2. The van der Waals surface area contributed by atoms with E-state index >= 15 is 4.39 Å². The predicted molar refractivity (Wildman–Crippen MR) is 244 cm³/mol. The van der Waals surface area contributed by atoms with Crippen molar-refractivity contribution >= 4 is 61.2 Å². The first-order valence-electron chi connectivity index (χ1n) is 22.8. The topological polar surface area (TPSA) is 195 Å². The number of hydrogen-bond donors (Lipinski definition) is 3. The van der Waals surface area contributed by atoms with E-state index < -0.39 is 39.5 Å². The van der Waals surface area contributed by atoms with Crippen molar-refractivity contribution in [3.8, 4) is 0 Å². The van der Waals surface area contributed by atoms with Crippen LogP contribution in [-0.4, -0.2) is 100 Å². The molecule has 346 valence electrons. The van der Waals surface area contributed by atoms with Crippen molar-refractivity contribution in [2.75, 3.05) is 49.5 Å². The molecule has 2 saturated heterocycles. The number of piperazine rings is 1. The minimum atomic E-state index is -3.84. The maximum absolute atomic E-state index is 16.1. The summed E-state index contributed by atoms with van der Waals surface area (Å²) in [6, 6.07) is 10.3. The van der Waals surface area contributed by atoms with Crippen molar-refractivity contribution < 1.29 is 27.1 Å². The van der Waals surface area contributed by atoms with E-state index in [1.54, 1.807) is 60.2 Å². The number of benzene rings is 2. The summed E-state index contributed by atoms with van der Waals surface area (Å²) < 4.78 is 56.4. The molecule has 2 aromatic carbocycles. The van der Waals surface area contributed by atoms with Crippen LogP contribution in [0.5, 0.6) is 0 Å². The zero-order valence-corrected chi connectivity index (χ0v) is 37.9. The lowest BCUT2D eigenvalue weighted by Gasteiger charge is -2.39. The van der Waals surface area contributed by atoms with Crippen molar-refractivity contribution in [1.82, 2.24) is 38.6 Å². The van der Waals surface area contributed by atoms with Crippen LogP contribution in [0.15, 0.2) is 63.1 Å². The number of imide groups is 1. The summed E-state index contributed by atoms with van der Waals surface area (Å²) in [5, 5.41) is 6.29. The molecule has 4 aliphatic rings. The third-order valence-corrected chi connectivity index (χ3v) is 15.3. The Morgan fingerprint density at radius 2 is 1.68 bits per heavy atom. The Balaban J connectivity index is 0.728. The maximum Gasteiger partial charge on any atom is 0.329 e. The molecule has 19 heteroatoms. The number of sulfonamides is 1. The number of hydrogen-bond acceptors (Lipinski definition) is 12. The van der Waals surface area contributed by atoms with Crippen molar-refractivity contribution in [3.05, 3.63) is 80.9 Å². The number of pyridine rings is 1. The van der Waals surface area contributed by atoms with Gasteiger partial charge in [0.15, 0.2) is 5.82 Å². The van der Waals surface area contributed by atoms with Gasteiger partial charge in [0.1, 0.15) is 17.2 Å². The first-order valence-corrected chi connectivity index (χ1v) is 24.3.